The van der Waals surface area contributed by atoms with Gasteiger partial charge in [0, 0.05) is 12.6 Å². The van der Waals surface area contributed by atoms with E-state index in [1.54, 1.807) is 38.1 Å². The Bertz CT molecular complexity index is 1360. The molecule has 0 spiro atoms. The highest BCUT2D eigenvalue weighted by Crippen LogP contribution is 2.33. The van der Waals surface area contributed by atoms with Crippen molar-refractivity contribution in [1.29, 1.82) is 0 Å². The topological polar surface area (TPSA) is 114 Å². The highest BCUT2D eigenvalue weighted by atomic mass is 32.2. The summed E-state index contributed by atoms with van der Waals surface area (Å²) in [6.45, 7) is 3.66. The summed E-state index contributed by atoms with van der Waals surface area (Å²) < 4.78 is 38.7. The number of benzene rings is 3. The van der Waals surface area contributed by atoms with Crippen molar-refractivity contribution in [3.63, 3.8) is 0 Å². The number of amides is 2. The van der Waals surface area contributed by atoms with Gasteiger partial charge < -0.3 is 19.7 Å². The van der Waals surface area contributed by atoms with Gasteiger partial charge in [-0.25, -0.2) is 13.1 Å². The predicted octanol–water partition coefficient (Wildman–Crippen LogP) is 2.91. The van der Waals surface area contributed by atoms with Crippen LogP contribution in [-0.4, -0.2) is 52.1 Å². The summed E-state index contributed by atoms with van der Waals surface area (Å²) in [6, 6.07) is 22.5. The minimum Gasteiger partial charge on any atom is -0.484 e. The van der Waals surface area contributed by atoms with Gasteiger partial charge in [-0.05, 0) is 62.2 Å². The number of hydrogen-bond donors (Lipinski definition) is 2. The van der Waals surface area contributed by atoms with Gasteiger partial charge >= 0.3 is 0 Å². The molecule has 38 heavy (non-hydrogen) atoms. The van der Waals surface area contributed by atoms with Crippen molar-refractivity contribution in [1.82, 2.24) is 10.0 Å². The highest BCUT2D eigenvalue weighted by molar-refractivity contribution is 7.89. The van der Waals surface area contributed by atoms with Crippen LogP contribution in [0.25, 0.3) is 0 Å². The lowest BCUT2D eigenvalue weighted by Gasteiger charge is -2.34. The zero-order valence-electron chi connectivity index (χ0n) is 21.3. The summed E-state index contributed by atoms with van der Waals surface area (Å²) >= 11 is 0. The third-order valence-corrected chi connectivity index (χ3v) is 7.48. The first-order valence-electron chi connectivity index (χ1n) is 12.4. The van der Waals surface area contributed by atoms with Crippen molar-refractivity contribution in [3.05, 3.63) is 84.4 Å². The second kappa shape index (κ2) is 12.1. The number of sulfonamides is 1. The quantitative estimate of drug-likeness (QED) is 0.411. The average Bonchev–Trinajstić information content (AvgIpc) is 2.91. The molecule has 0 saturated carbocycles. The van der Waals surface area contributed by atoms with E-state index in [-0.39, 0.29) is 35.9 Å². The van der Waals surface area contributed by atoms with Crippen molar-refractivity contribution in [2.75, 3.05) is 24.6 Å². The van der Waals surface area contributed by atoms with Gasteiger partial charge in [-0.15, -0.1) is 0 Å². The molecule has 0 saturated heterocycles. The molecule has 9 nitrogen and oxygen atoms in total. The minimum atomic E-state index is -3.63. The Balaban J connectivity index is 1.38. The number of nitrogens with zero attached hydrogens (tertiary/aromatic N) is 1. The zero-order valence-corrected chi connectivity index (χ0v) is 22.1. The minimum absolute atomic E-state index is 0.0361. The van der Waals surface area contributed by atoms with Crippen LogP contribution in [0.1, 0.15) is 19.4 Å². The molecule has 1 aliphatic heterocycles. The first-order valence-corrected chi connectivity index (χ1v) is 13.8. The van der Waals surface area contributed by atoms with Crippen molar-refractivity contribution in [2.24, 2.45) is 0 Å². The van der Waals surface area contributed by atoms with Crippen molar-refractivity contribution >= 4 is 27.5 Å². The Morgan fingerprint density at radius 2 is 1.68 bits per heavy atom. The maximum Gasteiger partial charge on any atom is 0.265 e. The fourth-order valence-electron chi connectivity index (χ4n) is 4.01. The first-order chi connectivity index (χ1) is 18.2. The zero-order chi connectivity index (χ0) is 27.1. The number of ether oxygens (including phenoxy) is 2. The lowest BCUT2D eigenvalue weighted by atomic mass is 10.1. The average molecular weight is 538 g/mol. The molecule has 2 N–H and O–H groups in total. The molecule has 3 aromatic rings. The molecule has 200 valence electrons. The maximum atomic E-state index is 13.2. The van der Waals surface area contributed by atoms with Crippen LogP contribution in [0.5, 0.6) is 11.5 Å². The molecular formula is C28H31N3O6S. The molecule has 0 aromatic heterocycles. The Kier molecular flexibility index (Phi) is 8.65. The fourth-order valence-corrected chi connectivity index (χ4v) is 5.26. The molecule has 1 heterocycles. The molecule has 1 atom stereocenters. The predicted molar refractivity (Wildman–Crippen MR) is 144 cm³/mol. The van der Waals surface area contributed by atoms with Crippen LogP contribution < -0.4 is 24.4 Å². The summed E-state index contributed by atoms with van der Waals surface area (Å²) in [6.07, 6.45) is -0.192. The summed E-state index contributed by atoms with van der Waals surface area (Å²) in [5.41, 5.74) is 1.66. The second-order valence-electron chi connectivity index (χ2n) is 9.14. The molecule has 2 amide bonds. The van der Waals surface area contributed by atoms with Gasteiger partial charge in [0.05, 0.1) is 17.1 Å². The summed E-state index contributed by atoms with van der Waals surface area (Å²) in [5.74, 6) is 0.114. The van der Waals surface area contributed by atoms with Gasteiger partial charge in [0.2, 0.25) is 10.0 Å². The van der Waals surface area contributed by atoms with Gasteiger partial charge in [-0.1, -0.05) is 42.5 Å². The Hall–Kier alpha value is -3.89. The molecular weight excluding hydrogens is 506 g/mol. The fraction of sp³-hybridized carbons (Fsp3) is 0.286. The molecule has 0 fully saturated rings. The second-order valence-corrected chi connectivity index (χ2v) is 10.9. The van der Waals surface area contributed by atoms with Crippen molar-refractivity contribution in [2.45, 2.75) is 37.3 Å². The Morgan fingerprint density at radius 3 is 2.39 bits per heavy atom. The number of fused-ring (bicyclic) bond motifs is 1. The summed E-state index contributed by atoms with van der Waals surface area (Å²) in [7, 11) is -3.63. The van der Waals surface area contributed by atoms with Crippen molar-refractivity contribution in [3.8, 4) is 11.5 Å². The van der Waals surface area contributed by atoms with Crippen LogP contribution >= 0.6 is 0 Å². The van der Waals surface area contributed by atoms with Crippen LogP contribution in [0.3, 0.4) is 0 Å². The van der Waals surface area contributed by atoms with E-state index in [0.717, 1.165) is 5.56 Å². The number of anilines is 1. The van der Waals surface area contributed by atoms with E-state index in [9.17, 15) is 18.0 Å². The van der Waals surface area contributed by atoms with Gasteiger partial charge in [0.15, 0.2) is 12.7 Å². The number of rotatable bonds is 10. The van der Waals surface area contributed by atoms with Crippen LogP contribution in [0.2, 0.25) is 0 Å². The largest absolute Gasteiger partial charge is 0.484 e. The van der Waals surface area contributed by atoms with Gasteiger partial charge in [-0.3, -0.25) is 9.59 Å². The third kappa shape index (κ3) is 6.90. The van der Waals surface area contributed by atoms with Gasteiger partial charge in [-0.2, -0.15) is 0 Å². The molecule has 10 heteroatoms. The van der Waals surface area contributed by atoms with E-state index in [4.69, 9.17) is 9.47 Å². The Morgan fingerprint density at radius 1 is 1.00 bits per heavy atom. The number of carbonyl (C=O) groups is 2. The monoisotopic (exact) mass is 537 g/mol. The van der Waals surface area contributed by atoms with E-state index in [0.29, 0.717) is 30.2 Å². The Labute approximate surface area is 222 Å². The molecule has 0 radical (unpaired) electrons. The van der Waals surface area contributed by atoms with Gasteiger partial charge in [0.1, 0.15) is 11.5 Å². The molecule has 0 unspecified atom stereocenters. The van der Waals surface area contributed by atoms with Crippen LogP contribution in [0.15, 0.2) is 83.8 Å². The smallest absolute Gasteiger partial charge is 0.265 e. The van der Waals surface area contributed by atoms with Gasteiger partial charge in [0.25, 0.3) is 11.8 Å². The van der Waals surface area contributed by atoms with E-state index < -0.39 is 16.1 Å². The normalized spacial score (nSPS) is 14.9. The van der Waals surface area contributed by atoms with Crippen LogP contribution in [-0.2, 0) is 26.0 Å². The molecule has 0 bridgehead atoms. The SMILES string of the molecule is CC(C)NS(=O)(=O)c1ccc(OCC(=O)N2C[C@H](C(=O)NCCc3ccccc3)Oc3ccccc32)cc1. The van der Waals surface area contributed by atoms with E-state index in [1.165, 1.54) is 29.2 Å². The maximum absolute atomic E-state index is 13.2. The number of para-hydroxylation sites is 2. The standard InChI is InChI=1S/C28H31N3O6S/c1-20(2)30-38(34,35)23-14-12-22(13-15-23)36-19-27(32)31-18-26(37-25-11-7-6-10-24(25)31)28(33)29-17-16-21-8-4-3-5-9-21/h3-15,20,26,30H,16-19H2,1-2H3,(H,29,33)/t26-/m1/s1. The van der Waals surface area contributed by atoms with Crippen LogP contribution in [0.4, 0.5) is 5.69 Å². The first kappa shape index (κ1) is 27.2. The lowest BCUT2D eigenvalue weighted by Crippen LogP contribution is -2.52. The molecule has 3 aromatic carbocycles. The number of carbonyl (C=O) groups excluding carboxylic acids is 2. The highest BCUT2D eigenvalue weighted by Gasteiger charge is 2.33. The van der Waals surface area contributed by atoms with Crippen LogP contribution in [0, 0.1) is 0 Å². The summed E-state index contributed by atoms with van der Waals surface area (Å²) in [5, 5.41) is 2.89. The molecule has 4 rings (SSSR count). The lowest BCUT2D eigenvalue weighted by molar-refractivity contribution is -0.128. The molecule has 0 aliphatic carbocycles. The van der Waals surface area contributed by atoms with E-state index in [1.807, 2.05) is 30.3 Å². The van der Waals surface area contributed by atoms with E-state index in [2.05, 4.69) is 10.0 Å². The number of hydrogen-bond acceptors (Lipinski definition) is 6. The number of nitrogens with one attached hydrogen (secondary N) is 2. The van der Waals surface area contributed by atoms with Crippen molar-refractivity contribution < 1.29 is 27.5 Å². The third-order valence-electron chi connectivity index (χ3n) is 5.81. The molecule has 1 aliphatic rings. The van der Waals surface area contributed by atoms with E-state index >= 15 is 0 Å². The summed E-state index contributed by atoms with van der Waals surface area (Å²) in [4.78, 5) is 27.6.